The molecular weight excluding hydrogens is 300 g/mol. The van der Waals surface area contributed by atoms with Gasteiger partial charge >= 0.3 is 5.97 Å². The highest BCUT2D eigenvalue weighted by Gasteiger charge is 2.18. The zero-order valence-corrected chi connectivity index (χ0v) is 12.3. The van der Waals surface area contributed by atoms with Gasteiger partial charge in [-0.3, -0.25) is 9.59 Å². The van der Waals surface area contributed by atoms with Crippen LogP contribution in [-0.4, -0.2) is 44.8 Å². The first-order valence-electron chi connectivity index (χ1n) is 5.81. The van der Waals surface area contributed by atoms with Crippen LogP contribution in [0.5, 0.6) is 5.75 Å². The summed E-state index contributed by atoms with van der Waals surface area (Å²) in [6, 6.07) is 3.21. The molecule has 1 aromatic carbocycles. The predicted molar refractivity (Wildman–Crippen MR) is 74.6 cm³/mol. The van der Waals surface area contributed by atoms with Gasteiger partial charge in [-0.05, 0) is 24.1 Å². The molecule has 0 aliphatic rings. The van der Waals surface area contributed by atoms with Crippen molar-refractivity contribution in [2.45, 2.75) is 12.5 Å². The first-order chi connectivity index (χ1) is 9.64. The Morgan fingerprint density at radius 2 is 2.05 bits per heavy atom. The number of ether oxygens (including phenoxy) is 1. The molecule has 0 aromatic heterocycles. The Balaban J connectivity index is 3.04. The fourth-order valence-corrected chi connectivity index (χ4v) is 2.06. The molecular formula is C12H16N2O6S. The van der Waals surface area contributed by atoms with Crippen molar-refractivity contribution in [2.75, 3.05) is 13.4 Å². The Labute approximate surface area is 122 Å². The average molecular weight is 316 g/mol. The smallest absolute Gasteiger partial charge is 0.320 e. The zero-order valence-electron chi connectivity index (χ0n) is 11.5. The number of benzene rings is 1. The minimum atomic E-state index is -3.69. The van der Waals surface area contributed by atoms with E-state index in [1.165, 1.54) is 25.3 Å². The van der Waals surface area contributed by atoms with Crippen LogP contribution in [0.1, 0.15) is 15.9 Å². The lowest BCUT2D eigenvalue weighted by Gasteiger charge is -2.12. The predicted octanol–water partition coefficient (Wildman–Crippen LogP) is -0.661. The van der Waals surface area contributed by atoms with E-state index in [9.17, 15) is 18.0 Å². The van der Waals surface area contributed by atoms with Crippen molar-refractivity contribution in [3.8, 4) is 5.75 Å². The van der Waals surface area contributed by atoms with Crippen molar-refractivity contribution in [1.29, 1.82) is 0 Å². The molecule has 0 aliphatic carbocycles. The van der Waals surface area contributed by atoms with Crippen molar-refractivity contribution >= 4 is 21.9 Å². The first-order valence-corrected chi connectivity index (χ1v) is 7.70. The van der Waals surface area contributed by atoms with Gasteiger partial charge in [0.25, 0.3) is 5.91 Å². The molecule has 0 aliphatic heterocycles. The molecule has 0 radical (unpaired) electrons. The van der Waals surface area contributed by atoms with Crippen molar-refractivity contribution in [3.63, 3.8) is 0 Å². The molecule has 0 bridgehead atoms. The van der Waals surface area contributed by atoms with Gasteiger partial charge in [0.05, 0.1) is 18.9 Å². The normalized spacial score (nSPS) is 12.5. The number of carboxylic acid groups (broad SMARTS) is 1. The summed E-state index contributed by atoms with van der Waals surface area (Å²) >= 11 is 0. The lowest BCUT2D eigenvalue weighted by Crippen LogP contribution is -2.32. The molecule has 0 spiro atoms. The van der Waals surface area contributed by atoms with Crippen LogP contribution < -0.4 is 15.2 Å². The molecule has 0 unspecified atom stereocenters. The number of rotatable bonds is 6. The van der Waals surface area contributed by atoms with Crippen molar-refractivity contribution in [2.24, 2.45) is 5.73 Å². The van der Waals surface area contributed by atoms with Crippen LogP contribution in [0.2, 0.25) is 0 Å². The summed E-state index contributed by atoms with van der Waals surface area (Å²) in [7, 11) is -2.38. The maximum Gasteiger partial charge on any atom is 0.320 e. The lowest BCUT2D eigenvalue weighted by atomic mass is 10.0. The number of carboxylic acids is 1. The second-order valence-electron chi connectivity index (χ2n) is 4.39. The van der Waals surface area contributed by atoms with Crippen LogP contribution in [0.4, 0.5) is 0 Å². The van der Waals surface area contributed by atoms with Gasteiger partial charge in [-0.1, -0.05) is 6.07 Å². The van der Waals surface area contributed by atoms with E-state index in [2.05, 4.69) is 0 Å². The summed E-state index contributed by atoms with van der Waals surface area (Å²) in [6.07, 6.45) is 0.914. The van der Waals surface area contributed by atoms with Crippen LogP contribution in [0, 0.1) is 0 Å². The van der Waals surface area contributed by atoms with Gasteiger partial charge in [-0.15, -0.1) is 0 Å². The highest BCUT2D eigenvalue weighted by atomic mass is 32.2. The molecule has 116 valence electrons. The van der Waals surface area contributed by atoms with E-state index in [-0.39, 0.29) is 17.7 Å². The minimum Gasteiger partial charge on any atom is -0.496 e. The molecule has 0 saturated carbocycles. The number of amides is 1. The van der Waals surface area contributed by atoms with Gasteiger partial charge < -0.3 is 15.6 Å². The number of hydrogen-bond donors (Lipinski definition) is 3. The Morgan fingerprint density at radius 1 is 1.43 bits per heavy atom. The maximum absolute atomic E-state index is 11.8. The van der Waals surface area contributed by atoms with Crippen LogP contribution in [-0.2, 0) is 21.2 Å². The molecule has 1 amide bonds. The maximum atomic E-state index is 11.8. The van der Waals surface area contributed by atoms with Gasteiger partial charge in [-0.2, -0.15) is 0 Å². The monoisotopic (exact) mass is 316 g/mol. The number of carbonyl (C=O) groups is 2. The Morgan fingerprint density at radius 3 is 2.52 bits per heavy atom. The topological polar surface area (TPSA) is 136 Å². The van der Waals surface area contributed by atoms with E-state index < -0.39 is 27.9 Å². The molecule has 8 nitrogen and oxygen atoms in total. The highest BCUT2D eigenvalue weighted by Crippen LogP contribution is 2.21. The van der Waals surface area contributed by atoms with Gasteiger partial charge in [0, 0.05) is 0 Å². The summed E-state index contributed by atoms with van der Waals surface area (Å²) in [4.78, 5) is 22.5. The van der Waals surface area contributed by atoms with Gasteiger partial charge in [0.15, 0.2) is 0 Å². The standard InChI is InChI=1S/C12H16N2O6S/c1-20-10-6-7(5-9(13)12(16)17)3-4-8(10)11(15)14-21(2,18)19/h3-4,6,9H,5,13H2,1-2H3,(H,14,15)(H,16,17)/t9-/m0/s1. The molecule has 1 atom stereocenters. The van der Waals surface area contributed by atoms with Gasteiger partial charge in [-0.25, -0.2) is 13.1 Å². The highest BCUT2D eigenvalue weighted by molar-refractivity contribution is 7.89. The zero-order chi connectivity index (χ0) is 16.2. The molecule has 0 fully saturated rings. The number of nitrogens with one attached hydrogen (secondary N) is 1. The number of hydrogen-bond acceptors (Lipinski definition) is 6. The number of nitrogens with two attached hydrogens (primary N) is 1. The molecule has 1 rings (SSSR count). The molecule has 0 saturated heterocycles. The van der Waals surface area contributed by atoms with E-state index >= 15 is 0 Å². The van der Waals surface area contributed by atoms with Crippen molar-refractivity contribution in [1.82, 2.24) is 4.72 Å². The molecule has 4 N–H and O–H groups in total. The fourth-order valence-electron chi connectivity index (χ4n) is 1.61. The third-order valence-electron chi connectivity index (χ3n) is 2.56. The number of methoxy groups -OCH3 is 1. The Hall–Kier alpha value is -2.13. The second-order valence-corrected chi connectivity index (χ2v) is 6.14. The molecule has 21 heavy (non-hydrogen) atoms. The Bertz CT molecular complexity index is 656. The molecule has 9 heteroatoms. The molecule has 0 heterocycles. The van der Waals surface area contributed by atoms with E-state index in [1.807, 2.05) is 4.72 Å². The van der Waals surface area contributed by atoms with E-state index in [1.54, 1.807) is 0 Å². The third-order valence-corrected chi connectivity index (χ3v) is 3.12. The number of carbonyl (C=O) groups excluding carboxylic acids is 1. The fraction of sp³-hybridized carbons (Fsp3) is 0.333. The summed E-state index contributed by atoms with van der Waals surface area (Å²) in [5.41, 5.74) is 6.00. The van der Waals surface area contributed by atoms with Crippen LogP contribution >= 0.6 is 0 Å². The van der Waals surface area contributed by atoms with Gasteiger partial charge in [0.2, 0.25) is 10.0 Å². The SMILES string of the molecule is COc1cc(C[C@H](N)C(=O)O)ccc1C(=O)NS(C)(=O)=O. The van der Waals surface area contributed by atoms with Crippen LogP contribution in [0.15, 0.2) is 18.2 Å². The summed E-state index contributed by atoms with van der Waals surface area (Å²) in [5, 5.41) is 8.75. The van der Waals surface area contributed by atoms with Crippen molar-refractivity contribution in [3.05, 3.63) is 29.3 Å². The van der Waals surface area contributed by atoms with E-state index in [4.69, 9.17) is 15.6 Å². The summed E-state index contributed by atoms with van der Waals surface area (Å²) in [5.74, 6) is -1.84. The summed E-state index contributed by atoms with van der Waals surface area (Å²) in [6.45, 7) is 0. The largest absolute Gasteiger partial charge is 0.496 e. The average Bonchev–Trinajstić information content (AvgIpc) is 2.36. The minimum absolute atomic E-state index is 0.0237. The Kier molecular flexibility index (Phi) is 5.28. The summed E-state index contributed by atoms with van der Waals surface area (Å²) < 4.78 is 28.9. The number of aliphatic carboxylic acids is 1. The third kappa shape index (κ3) is 5.04. The second kappa shape index (κ2) is 6.55. The molecule has 1 aromatic rings. The van der Waals surface area contributed by atoms with Crippen LogP contribution in [0.3, 0.4) is 0 Å². The van der Waals surface area contributed by atoms with E-state index in [0.717, 1.165) is 6.26 Å². The van der Waals surface area contributed by atoms with Crippen LogP contribution in [0.25, 0.3) is 0 Å². The number of sulfonamides is 1. The van der Waals surface area contributed by atoms with Gasteiger partial charge in [0.1, 0.15) is 11.8 Å². The van der Waals surface area contributed by atoms with Crippen molar-refractivity contribution < 1.29 is 27.9 Å². The lowest BCUT2D eigenvalue weighted by molar-refractivity contribution is -0.138. The first kappa shape index (κ1) is 16.9. The van der Waals surface area contributed by atoms with E-state index in [0.29, 0.717) is 5.56 Å². The quantitative estimate of drug-likeness (QED) is 0.633.